The van der Waals surface area contributed by atoms with Crippen LogP contribution in [0.2, 0.25) is 0 Å². The van der Waals surface area contributed by atoms with E-state index in [0.717, 1.165) is 5.19 Å². The van der Waals surface area contributed by atoms with E-state index in [-0.39, 0.29) is 5.41 Å². The molecule has 0 saturated carbocycles. The topological polar surface area (TPSA) is 0 Å². The maximum absolute atomic E-state index is 6.02. The van der Waals surface area contributed by atoms with E-state index in [4.69, 9.17) is 22.2 Å². The van der Waals surface area contributed by atoms with Gasteiger partial charge in [-0.15, -0.1) is 22.2 Å². The lowest BCUT2D eigenvalue weighted by molar-refractivity contribution is 0.594. The van der Waals surface area contributed by atoms with Crippen LogP contribution in [0.1, 0.15) is 26.3 Å². The summed E-state index contributed by atoms with van der Waals surface area (Å²) < 4.78 is 0. The minimum atomic E-state index is -1.72. The molecular weight excluding hydrogens is 219 g/mol. The second kappa shape index (κ2) is 4.03. The molecule has 1 aromatic carbocycles. The molecular formula is C10H14Cl2Si. The summed E-state index contributed by atoms with van der Waals surface area (Å²) in [4.78, 5) is 0. The predicted molar refractivity (Wildman–Crippen MR) is 63.6 cm³/mol. The summed E-state index contributed by atoms with van der Waals surface area (Å²) >= 11 is 12.0. The van der Waals surface area contributed by atoms with Gasteiger partial charge in [0, 0.05) is 0 Å². The van der Waals surface area contributed by atoms with Gasteiger partial charge >= 0.3 is 0 Å². The van der Waals surface area contributed by atoms with Crippen molar-refractivity contribution in [2.75, 3.05) is 0 Å². The maximum Gasteiger partial charge on any atom is 0.266 e. The van der Waals surface area contributed by atoms with Gasteiger partial charge in [-0.1, -0.05) is 45.0 Å². The van der Waals surface area contributed by atoms with E-state index in [1.165, 1.54) is 5.56 Å². The van der Waals surface area contributed by atoms with Gasteiger partial charge in [0.05, 0.1) is 0 Å². The summed E-state index contributed by atoms with van der Waals surface area (Å²) in [6.45, 7) is 6.53. The molecule has 0 heterocycles. The van der Waals surface area contributed by atoms with Gasteiger partial charge < -0.3 is 0 Å². The van der Waals surface area contributed by atoms with Gasteiger partial charge in [-0.2, -0.15) is 0 Å². The molecule has 13 heavy (non-hydrogen) atoms. The van der Waals surface area contributed by atoms with E-state index in [2.05, 4.69) is 26.8 Å². The van der Waals surface area contributed by atoms with Gasteiger partial charge in [0.2, 0.25) is 0 Å². The molecule has 0 spiro atoms. The smallest absolute Gasteiger partial charge is 0.144 e. The molecule has 0 aliphatic carbocycles. The van der Waals surface area contributed by atoms with Gasteiger partial charge in [0.25, 0.3) is 7.42 Å². The first-order chi connectivity index (χ1) is 5.93. The Morgan fingerprint density at radius 2 is 1.62 bits per heavy atom. The van der Waals surface area contributed by atoms with Crippen LogP contribution in [0.4, 0.5) is 0 Å². The highest BCUT2D eigenvalue weighted by molar-refractivity contribution is 7.39. The number of hydrogen-bond donors (Lipinski definition) is 0. The molecule has 0 amide bonds. The fraction of sp³-hybridized carbons (Fsp3) is 0.400. The van der Waals surface area contributed by atoms with Gasteiger partial charge in [0.1, 0.15) is 0 Å². The molecule has 0 aromatic heterocycles. The highest BCUT2D eigenvalue weighted by Crippen LogP contribution is 2.21. The molecule has 0 nitrogen and oxygen atoms in total. The van der Waals surface area contributed by atoms with Crippen molar-refractivity contribution < 1.29 is 0 Å². The highest BCUT2D eigenvalue weighted by Gasteiger charge is 2.20. The van der Waals surface area contributed by atoms with Crippen LogP contribution in [0.15, 0.2) is 24.3 Å². The summed E-state index contributed by atoms with van der Waals surface area (Å²) in [5.41, 5.74) is 1.41. The van der Waals surface area contributed by atoms with Crippen LogP contribution in [-0.2, 0) is 5.41 Å². The monoisotopic (exact) mass is 232 g/mol. The Labute approximate surface area is 90.9 Å². The quantitative estimate of drug-likeness (QED) is 0.517. The van der Waals surface area contributed by atoms with E-state index >= 15 is 0 Å². The Kier molecular flexibility index (Phi) is 3.44. The molecule has 1 rings (SSSR count). The van der Waals surface area contributed by atoms with Crippen molar-refractivity contribution in [1.29, 1.82) is 0 Å². The van der Waals surface area contributed by atoms with Crippen molar-refractivity contribution in [3.8, 4) is 0 Å². The van der Waals surface area contributed by atoms with Crippen molar-refractivity contribution in [2.24, 2.45) is 0 Å². The van der Waals surface area contributed by atoms with E-state index in [1.54, 1.807) is 0 Å². The summed E-state index contributed by atoms with van der Waals surface area (Å²) in [6.07, 6.45) is 0. The van der Waals surface area contributed by atoms with Crippen molar-refractivity contribution in [1.82, 2.24) is 0 Å². The molecule has 0 atom stereocenters. The molecule has 0 radical (unpaired) electrons. The van der Waals surface area contributed by atoms with Gasteiger partial charge in [-0.3, -0.25) is 0 Å². The summed E-state index contributed by atoms with van der Waals surface area (Å²) in [6, 6.07) is 8.18. The average Bonchev–Trinajstić information content (AvgIpc) is 2.03. The number of halogens is 2. The Balaban J connectivity index is 3.20. The third-order valence-electron chi connectivity index (χ3n) is 2.00. The van der Waals surface area contributed by atoms with Gasteiger partial charge in [-0.25, -0.2) is 0 Å². The molecule has 1 aromatic rings. The van der Waals surface area contributed by atoms with Crippen molar-refractivity contribution >= 4 is 34.8 Å². The standard InChI is InChI=1S/C10H14Cl2Si/c1-10(2,3)8-6-4-5-7-9(8)13(11)12/h4-7,13H,1-3H3. The largest absolute Gasteiger partial charge is 0.266 e. The molecule has 3 heteroatoms. The highest BCUT2D eigenvalue weighted by atomic mass is 35.7. The van der Waals surface area contributed by atoms with Crippen molar-refractivity contribution in [3.05, 3.63) is 29.8 Å². The molecule has 0 saturated heterocycles. The lowest BCUT2D eigenvalue weighted by Crippen LogP contribution is -2.29. The Hall–Kier alpha value is 0.0169. The Morgan fingerprint density at radius 1 is 1.08 bits per heavy atom. The van der Waals surface area contributed by atoms with Crippen LogP contribution in [-0.4, -0.2) is 7.42 Å². The van der Waals surface area contributed by atoms with Crippen LogP contribution >= 0.6 is 22.2 Å². The summed E-state index contributed by atoms with van der Waals surface area (Å²) in [5, 5.41) is 1.15. The van der Waals surface area contributed by atoms with E-state index in [1.807, 2.05) is 18.2 Å². The normalized spacial score (nSPS) is 12.2. The molecule has 0 aliphatic heterocycles. The summed E-state index contributed by atoms with van der Waals surface area (Å²) in [7, 11) is -1.72. The van der Waals surface area contributed by atoms with Crippen LogP contribution in [0.3, 0.4) is 0 Å². The first-order valence-electron chi connectivity index (χ1n) is 4.30. The first-order valence-corrected chi connectivity index (χ1v) is 8.37. The van der Waals surface area contributed by atoms with E-state index in [0.29, 0.717) is 0 Å². The number of hydrogen-bond acceptors (Lipinski definition) is 0. The van der Waals surface area contributed by atoms with Crippen molar-refractivity contribution in [2.45, 2.75) is 26.2 Å². The van der Waals surface area contributed by atoms with Crippen LogP contribution < -0.4 is 5.19 Å². The fourth-order valence-corrected chi connectivity index (χ4v) is 3.53. The molecule has 0 bridgehead atoms. The Bertz CT molecular complexity index is 289. The molecule has 0 aliphatic rings. The molecule has 0 fully saturated rings. The van der Waals surface area contributed by atoms with E-state index in [9.17, 15) is 0 Å². The fourth-order valence-electron chi connectivity index (χ4n) is 1.37. The SMILES string of the molecule is CC(C)(C)c1ccccc1[SiH](Cl)Cl. The maximum atomic E-state index is 6.02. The number of benzene rings is 1. The zero-order chi connectivity index (χ0) is 10.1. The minimum Gasteiger partial charge on any atom is -0.144 e. The summed E-state index contributed by atoms with van der Waals surface area (Å²) in [5.74, 6) is 0. The number of rotatable bonds is 1. The minimum absolute atomic E-state index is 0.131. The second-order valence-electron chi connectivity index (χ2n) is 4.14. The van der Waals surface area contributed by atoms with Crippen LogP contribution in [0.5, 0.6) is 0 Å². The van der Waals surface area contributed by atoms with Crippen molar-refractivity contribution in [3.63, 3.8) is 0 Å². The average molecular weight is 233 g/mol. The van der Waals surface area contributed by atoms with Crippen LogP contribution in [0.25, 0.3) is 0 Å². The lowest BCUT2D eigenvalue weighted by atomic mass is 9.87. The first kappa shape index (κ1) is 11.1. The second-order valence-corrected chi connectivity index (χ2v) is 8.65. The van der Waals surface area contributed by atoms with Gasteiger partial charge in [0.15, 0.2) is 0 Å². The lowest BCUT2D eigenvalue weighted by Gasteiger charge is -2.22. The Morgan fingerprint density at radius 3 is 2.00 bits per heavy atom. The zero-order valence-electron chi connectivity index (χ0n) is 8.14. The molecule has 72 valence electrons. The van der Waals surface area contributed by atoms with Gasteiger partial charge in [-0.05, 0) is 16.2 Å². The zero-order valence-corrected chi connectivity index (χ0v) is 10.8. The van der Waals surface area contributed by atoms with E-state index < -0.39 is 7.42 Å². The molecule has 0 N–H and O–H groups in total. The predicted octanol–water partition coefficient (Wildman–Crippen LogP) is 2.89. The van der Waals surface area contributed by atoms with Crippen LogP contribution in [0, 0.1) is 0 Å². The molecule has 0 unspecified atom stereocenters. The third kappa shape index (κ3) is 2.73. The third-order valence-corrected chi connectivity index (χ3v) is 4.39.